The molecule has 0 aromatic heterocycles. The van der Waals surface area contributed by atoms with Crippen molar-refractivity contribution in [2.24, 2.45) is 0 Å². The molecule has 5 nitrogen and oxygen atoms in total. The first-order valence-electron chi connectivity index (χ1n) is 6.16. The zero-order valence-corrected chi connectivity index (χ0v) is 12.7. The minimum Gasteiger partial charge on any atom is -0.398 e. The van der Waals surface area contributed by atoms with E-state index in [1.54, 1.807) is 14.2 Å². The van der Waals surface area contributed by atoms with Gasteiger partial charge < -0.3 is 19.1 Å². The van der Waals surface area contributed by atoms with Crippen molar-refractivity contribution in [1.82, 2.24) is 10.2 Å². The third-order valence-electron chi connectivity index (χ3n) is 2.92. The molecule has 0 aliphatic heterocycles. The van der Waals surface area contributed by atoms with E-state index >= 15 is 0 Å². The van der Waals surface area contributed by atoms with Gasteiger partial charge in [0.2, 0.25) is 0 Å². The Morgan fingerprint density at radius 2 is 1.88 bits per heavy atom. The van der Waals surface area contributed by atoms with E-state index in [0.29, 0.717) is 6.54 Å². The second-order valence-electron chi connectivity index (χ2n) is 4.06. The Morgan fingerprint density at radius 1 is 1.29 bits per heavy atom. The summed E-state index contributed by atoms with van der Waals surface area (Å²) in [5, 5.41) is 2.81. The maximum absolute atomic E-state index is 11.6. The maximum Gasteiger partial charge on any atom is 0.334 e. The highest BCUT2D eigenvalue weighted by Gasteiger charge is 2.28. The molecule has 6 heteroatoms. The number of nitrogens with zero attached hydrogens (tertiary/aromatic N) is 1. The summed E-state index contributed by atoms with van der Waals surface area (Å²) >= 11 is 0. The average Bonchev–Trinajstić information content (AvgIpc) is 2.34. The molecule has 102 valence electrons. The van der Waals surface area contributed by atoms with E-state index < -0.39 is 8.56 Å². The molecular formula is C11H26N2O3Si. The Kier molecular flexibility index (Phi) is 8.19. The van der Waals surface area contributed by atoms with E-state index in [-0.39, 0.29) is 6.03 Å². The van der Waals surface area contributed by atoms with Gasteiger partial charge in [0, 0.05) is 33.9 Å². The van der Waals surface area contributed by atoms with Gasteiger partial charge in [-0.3, -0.25) is 0 Å². The van der Waals surface area contributed by atoms with Crippen LogP contribution in [0.5, 0.6) is 0 Å². The summed E-state index contributed by atoms with van der Waals surface area (Å²) in [6.45, 7) is 8.08. The second kappa shape index (κ2) is 8.49. The molecule has 0 unspecified atom stereocenters. The summed E-state index contributed by atoms with van der Waals surface area (Å²) < 4.78 is 10.8. The Morgan fingerprint density at radius 3 is 2.29 bits per heavy atom. The lowest BCUT2D eigenvalue weighted by Gasteiger charge is -2.25. The van der Waals surface area contributed by atoms with Gasteiger partial charge in [0.1, 0.15) is 0 Å². The third-order valence-corrected chi connectivity index (χ3v) is 5.91. The zero-order chi connectivity index (χ0) is 13.3. The fourth-order valence-electron chi connectivity index (χ4n) is 1.54. The molecule has 0 aliphatic rings. The SMILES string of the molecule is CCNC(=O)N(CC)CCC[Si](C)(OC)OC. The van der Waals surface area contributed by atoms with Crippen molar-refractivity contribution in [3.05, 3.63) is 0 Å². The van der Waals surface area contributed by atoms with Crippen molar-refractivity contribution >= 4 is 14.6 Å². The molecule has 0 fully saturated rings. The van der Waals surface area contributed by atoms with E-state index in [4.69, 9.17) is 8.85 Å². The lowest BCUT2D eigenvalue weighted by atomic mass is 10.4. The fraction of sp³-hybridized carbons (Fsp3) is 0.909. The average molecular weight is 262 g/mol. The molecule has 0 heterocycles. The fourth-order valence-corrected chi connectivity index (χ4v) is 2.92. The van der Waals surface area contributed by atoms with Crippen LogP contribution in [0, 0.1) is 0 Å². The molecule has 0 aliphatic carbocycles. The molecule has 0 radical (unpaired) electrons. The molecule has 0 aromatic rings. The smallest absolute Gasteiger partial charge is 0.334 e. The van der Waals surface area contributed by atoms with Gasteiger partial charge in [-0.2, -0.15) is 0 Å². The summed E-state index contributed by atoms with van der Waals surface area (Å²) in [7, 11) is 1.39. The summed E-state index contributed by atoms with van der Waals surface area (Å²) in [5.74, 6) is 0. The summed E-state index contributed by atoms with van der Waals surface area (Å²) in [4.78, 5) is 13.4. The van der Waals surface area contributed by atoms with Gasteiger partial charge in [0.15, 0.2) is 0 Å². The van der Waals surface area contributed by atoms with E-state index in [1.165, 1.54) is 0 Å². The van der Waals surface area contributed by atoms with Crippen LogP contribution in [0.2, 0.25) is 12.6 Å². The molecule has 0 atom stereocenters. The molecule has 17 heavy (non-hydrogen) atoms. The van der Waals surface area contributed by atoms with Gasteiger partial charge in [0.05, 0.1) is 0 Å². The summed E-state index contributed by atoms with van der Waals surface area (Å²) in [6, 6.07) is 0.906. The summed E-state index contributed by atoms with van der Waals surface area (Å²) in [6.07, 6.45) is 0.912. The van der Waals surface area contributed by atoms with Crippen molar-refractivity contribution in [2.45, 2.75) is 32.9 Å². The molecule has 1 N–H and O–H groups in total. The molecular weight excluding hydrogens is 236 g/mol. The standard InChI is InChI=1S/C11H26N2O3Si/c1-6-12-11(14)13(7-2)9-8-10-17(5,15-3)16-4/h6-10H2,1-5H3,(H,12,14). The predicted octanol–water partition coefficient (Wildman–Crippen LogP) is 1.79. The number of carbonyl (C=O) groups is 1. The van der Waals surface area contributed by atoms with Gasteiger partial charge in [-0.05, 0) is 32.9 Å². The molecule has 0 saturated carbocycles. The quantitative estimate of drug-likeness (QED) is 0.679. The van der Waals surface area contributed by atoms with Crippen LogP contribution in [-0.2, 0) is 8.85 Å². The number of carbonyl (C=O) groups excluding carboxylic acids is 1. The van der Waals surface area contributed by atoms with Gasteiger partial charge >= 0.3 is 14.6 Å². The number of hydrogen-bond acceptors (Lipinski definition) is 3. The number of hydrogen-bond donors (Lipinski definition) is 1. The van der Waals surface area contributed by atoms with Crippen molar-refractivity contribution < 1.29 is 13.6 Å². The third kappa shape index (κ3) is 6.04. The van der Waals surface area contributed by atoms with Crippen molar-refractivity contribution in [3.63, 3.8) is 0 Å². The number of amides is 2. The molecule has 0 saturated heterocycles. The highest BCUT2D eigenvalue weighted by Crippen LogP contribution is 2.14. The monoisotopic (exact) mass is 262 g/mol. The normalized spacial score (nSPS) is 11.4. The van der Waals surface area contributed by atoms with E-state index in [0.717, 1.165) is 25.6 Å². The zero-order valence-electron chi connectivity index (χ0n) is 11.7. The largest absolute Gasteiger partial charge is 0.398 e. The molecule has 2 amide bonds. The number of rotatable bonds is 8. The highest BCUT2D eigenvalue weighted by molar-refractivity contribution is 6.65. The molecule has 0 aromatic carbocycles. The first-order chi connectivity index (χ1) is 8.02. The predicted molar refractivity (Wildman–Crippen MR) is 71.4 cm³/mol. The topological polar surface area (TPSA) is 50.8 Å². The van der Waals surface area contributed by atoms with Gasteiger partial charge in [0.25, 0.3) is 0 Å². The van der Waals surface area contributed by atoms with Crippen molar-refractivity contribution in [1.29, 1.82) is 0 Å². The maximum atomic E-state index is 11.6. The van der Waals surface area contributed by atoms with Crippen LogP contribution in [-0.4, -0.2) is 53.3 Å². The Labute approximate surface area is 106 Å². The first kappa shape index (κ1) is 16.4. The van der Waals surface area contributed by atoms with Crippen LogP contribution in [0.1, 0.15) is 20.3 Å². The van der Waals surface area contributed by atoms with Crippen LogP contribution in [0.4, 0.5) is 4.79 Å². The van der Waals surface area contributed by atoms with Crippen LogP contribution in [0.3, 0.4) is 0 Å². The second-order valence-corrected chi connectivity index (χ2v) is 7.64. The van der Waals surface area contributed by atoms with Crippen molar-refractivity contribution in [2.75, 3.05) is 33.9 Å². The minimum atomic E-state index is -1.99. The van der Waals surface area contributed by atoms with Crippen LogP contribution in [0.15, 0.2) is 0 Å². The van der Waals surface area contributed by atoms with Gasteiger partial charge in [-0.25, -0.2) is 4.79 Å². The van der Waals surface area contributed by atoms with Crippen LogP contribution < -0.4 is 5.32 Å². The van der Waals surface area contributed by atoms with Crippen LogP contribution >= 0.6 is 0 Å². The van der Waals surface area contributed by atoms with Crippen LogP contribution in [0.25, 0.3) is 0 Å². The molecule has 0 bridgehead atoms. The van der Waals surface area contributed by atoms with E-state index in [9.17, 15) is 4.79 Å². The van der Waals surface area contributed by atoms with Crippen molar-refractivity contribution in [3.8, 4) is 0 Å². The lowest BCUT2D eigenvalue weighted by Crippen LogP contribution is -2.42. The van der Waals surface area contributed by atoms with E-state index in [2.05, 4.69) is 5.32 Å². The Bertz CT molecular complexity index is 223. The van der Waals surface area contributed by atoms with Gasteiger partial charge in [-0.1, -0.05) is 0 Å². The highest BCUT2D eigenvalue weighted by atomic mass is 28.4. The van der Waals surface area contributed by atoms with Gasteiger partial charge in [-0.15, -0.1) is 0 Å². The first-order valence-corrected chi connectivity index (χ1v) is 8.68. The number of nitrogens with one attached hydrogen (secondary N) is 1. The lowest BCUT2D eigenvalue weighted by molar-refractivity contribution is 0.199. The molecule has 0 rings (SSSR count). The minimum absolute atomic E-state index is 0.00760. The molecule has 0 spiro atoms. The summed E-state index contributed by atoms with van der Waals surface area (Å²) in [5.41, 5.74) is 0. The van der Waals surface area contributed by atoms with E-state index in [1.807, 2.05) is 25.3 Å². The Hall–Kier alpha value is -0.593. The number of urea groups is 1. The Balaban J connectivity index is 4.03.